The summed E-state index contributed by atoms with van der Waals surface area (Å²) in [7, 11) is 1.29. The second-order valence-electron chi connectivity index (χ2n) is 8.18. The summed E-state index contributed by atoms with van der Waals surface area (Å²) in [4.78, 5) is 38.0. The maximum absolute atomic E-state index is 13.2. The number of methoxy groups -OCH3 is 1. The van der Waals surface area contributed by atoms with Crippen LogP contribution in [0.5, 0.6) is 0 Å². The van der Waals surface area contributed by atoms with E-state index < -0.39 is 17.9 Å². The molecule has 0 radical (unpaired) electrons. The number of hydrogen-bond acceptors (Lipinski definition) is 4. The van der Waals surface area contributed by atoms with Crippen molar-refractivity contribution in [2.75, 3.05) is 7.11 Å². The van der Waals surface area contributed by atoms with Crippen LogP contribution in [0.25, 0.3) is 0 Å². The van der Waals surface area contributed by atoms with Crippen molar-refractivity contribution in [3.05, 3.63) is 33.2 Å². The van der Waals surface area contributed by atoms with E-state index in [9.17, 15) is 14.4 Å². The molecule has 28 heavy (non-hydrogen) atoms. The molecule has 0 bridgehead atoms. The van der Waals surface area contributed by atoms with Gasteiger partial charge >= 0.3 is 5.97 Å². The Hall–Kier alpha value is -2.11. The van der Waals surface area contributed by atoms with Gasteiger partial charge in [0.05, 0.1) is 7.11 Å². The molecular formula is C22H34N2O4. The third-order valence-corrected chi connectivity index (χ3v) is 5.77. The van der Waals surface area contributed by atoms with E-state index >= 15 is 0 Å². The molecule has 1 unspecified atom stereocenters. The maximum Gasteiger partial charge on any atom is 0.328 e. The van der Waals surface area contributed by atoms with Gasteiger partial charge in [-0.25, -0.2) is 4.79 Å². The number of nitrogens with zero attached hydrogens (tertiary/aromatic N) is 1. The Balaban J connectivity index is 2.37. The molecule has 1 aliphatic carbocycles. The normalized spacial score (nSPS) is 16.1. The van der Waals surface area contributed by atoms with Gasteiger partial charge in [-0.3, -0.25) is 9.59 Å². The molecule has 1 atom stereocenters. The van der Waals surface area contributed by atoms with E-state index in [-0.39, 0.29) is 17.0 Å². The van der Waals surface area contributed by atoms with E-state index in [1.807, 2.05) is 27.7 Å². The molecule has 2 rings (SSSR count). The van der Waals surface area contributed by atoms with Crippen molar-refractivity contribution in [1.82, 2.24) is 9.88 Å². The van der Waals surface area contributed by atoms with E-state index in [2.05, 4.69) is 5.32 Å². The smallest absolute Gasteiger partial charge is 0.328 e. The average Bonchev–Trinajstić information content (AvgIpc) is 2.68. The average molecular weight is 391 g/mol. The van der Waals surface area contributed by atoms with Crippen molar-refractivity contribution in [3.8, 4) is 0 Å². The molecule has 1 heterocycles. The fourth-order valence-corrected chi connectivity index (χ4v) is 4.14. The van der Waals surface area contributed by atoms with Crippen LogP contribution in [0.15, 0.2) is 10.9 Å². The Morgan fingerprint density at radius 1 is 1.25 bits per heavy atom. The molecule has 6 nitrogen and oxygen atoms in total. The second kappa shape index (κ2) is 9.89. The number of carbonyl (C=O) groups excluding carboxylic acids is 2. The standard InChI is InChI=1S/C22H34N2O4/c1-6-18-15(4)12-17(20(25)23-19(14(2)3)22(27)28-5)21(26)24(18)13-16-10-8-7-9-11-16/h12,14,16,19H,6-11,13H2,1-5H3,(H,23,25). The number of carbonyl (C=O) groups is 2. The van der Waals surface area contributed by atoms with Gasteiger partial charge in [0, 0.05) is 12.2 Å². The van der Waals surface area contributed by atoms with Gasteiger partial charge in [-0.1, -0.05) is 40.0 Å². The van der Waals surface area contributed by atoms with Crippen LogP contribution in [-0.4, -0.2) is 29.6 Å². The Morgan fingerprint density at radius 3 is 2.43 bits per heavy atom. The lowest BCUT2D eigenvalue weighted by atomic mass is 9.89. The lowest BCUT2D eigenvalue weighted by Crippen LogP contribution is -2.47. The minimum Gasteiger partial charge on any atom is -0.467 e. The highest BCUT2D eigenvalue weighted by Gasteiger charge is 2.27. The summed E-state index contributed by atoms with van der Waals surface area (Å²) >= 11 is 0. The van der Waals surface area contributed by atoms with Crippen LogP contribution in [0.1, 0.15) is 74.5 Å². The number of esters is 1. The summed E-state index contributed by atoms with van der Waals surface area (Å²) in [5.41, 5.74) is 1.75. The van der Waals surface area contributed by atoms with Gasteiger partial charge in [0.2, 0.25) is 0 Å². The second-order valence-corrected chi connectivity index (χ2v) is 8.18. The molecule has 1 aromatic heterocycles. The molecule has 1 N–H and O–H groups in total. The number of aryl methyl sites for hydroxylation is 1. The molecule has 0 aliphatic heterocycles. The van der Waals surface area contributed by atoms with Gasteiger partial charge in [-0.2, -0.15) is 0 Å². The summed E-state index contributed by atoms with van der Waals surface area (Å²) in [6, 6.07) is 0.873. The van der Waals surface area contributed by atoms with Gasteiger partial charge in [-0.05, 0) is 49.7 Å². The van der Waals surface area contributed by atoms with E-state index in [0.717, 1.165) is 30.5 Å². The first-order valence-corrected chi connectivity index (χ1v) is 10.4. The number of amides is 1. The first kappa shape index (κ1) is 22.2. The van der Waals surface area contributed by atoms with E-state index in [0.29, 0.717) is 12.5 Å². The topological polar surface area (TPSA) is 77.4 Å². The van der Waals surface area contributed by atoms with Gasteiger partial charge in [0.15, 0.2) is 0 Å². The number of nitrogens with one attached hydrogen (secondary N) is 1. The van der Waals surface area contributed by atoms with Gasteiger partial charge in [-0.15, -0.1) is 0 Å². The maximum atomic E-state index is 13.2. The fourth-order valence-electron chi connectivity index (χ4n) is 4.14. The molecular weight excluding hydrogens is 356 g/mol. The van der Waals surface area contributed by atoms with Gasteiger partial charge in [0.25, 0.3) is 11.5 Å². The van der Waals surface area contributed by atoms with Crippen molar-refractivity contribution in [1.29, 1.82) is 0 Å². The highest BCUT2D eigenvalue weighted by molar-refractivity contribution is 5.96. The van der Waals surface area contributed by atoms with Crippen LogP contribution >= 0.6 is 0 Å². The first-order chi connectivity index (χ1) is 13.3. The summed E-state index contributed by atoms with van der Waals surface area (Å²) < 4.78 is 6.58. The third-order valence-electron chi connectivity index (χ3n) is 5.77. The van der Waals surface area contributed by atoms with Crippen LogP contribution in [0, 0.1) is 18.8 Å². The third kappa shape index (κ3) is 5.03. The van der Waals surface area contributed by atoms with Crippen molar-refractivity contribution in [3.63, 3.8) is 0 Å². The summed E-state index contributed by atoms with van der Waals surface area (Å²) in [6.45, 7) is 8.29. The van der Waals surface area contributed by atoms with Crippen LogP contribution in [-0.2, 0) is 22.5 Å². The molecule has 1 fully saturated rings. The molecule has 156 valence electrons. The fraction of sp³-hybridized carbons (Fsp3) is 0.682. The largest absolute Gasteiger partial charge is 0.467 e. The van der Waals surface area contributed by atoms with Crippen LogP contribution in [0.4, 0.5) is 0 Å². The number of rotatable bonds is 7. The Labute approximate surface area is 167 Å². The predicted octanol–water partition coefficient (Wildman–Crippen LogP) is 3.23. The van der Waals surface area contributed by atoms with E-state index in [1.165, 1.54) is 26.4 Å². The molecule has 6 heteroatoms. The molecule has 0 spiro atoms. The zero-order valence-corrected chi connectivity index (χ0v) is 17.8. The monoisotopic (exact) mass is 390 g/mol. The highest BCUT2D eigenvalue weighted by Crippen LogP contribution is 2.25. The summed E-state index contributed by atoms with van der Waals surface area (Å²) in [6.07, 6.45) is 6.67. The quantitative estimate of drug-likeness (QED) is 0.725. The minimum absolute atomic E-state index is 0.0973. The van der Waals surface area contributed by atoms with Crippen molar-refractivity contribution in [2.24, 2.45) is 11.8 Å². The number of aromatic nitrogens is 1. The van der Waals surface area contributed by atoms with Crippen molar-refractivity contribution < 1.29 is 14.3 Å². The van der Waals surface area contributed by atoms with Crippen LogP contribution in [0.2, 0.25) is 0 Å². The molecule has 1 saturated carbocycles. The Bertz CT molecular complexity index is 761. The molecule has 1 amide bonds. The van der Waals surface area contributed by atoms with Crippen LogP contribution in [0.3, 0.4) is 0 Å². The Kier molecular flexibility index (Phi) is 7.84. The minimum atomic E-state index is -0.783. The zero-order chi connectivity index (χ0) is 20.8. The molecule has 1 aromatic rings. The van der Waals surface area contributed by atoms with Crippen molar-refractivity contribution in [2.45, 2.75) is 78.8 Å². The van der Waals surface area contributed by atoms with Gasteiger partial charge in [0.1, 0.15) is 11.6 Å². The predicted molar refractivity (Wildman–Crippen MR) is 110 cm³/mol. The van der Waals surface area contributed by atoms with E-state index in [1.54, 1.807) is 10.6 Å². The Morgan fingerprint density at radius 2 is 1.89 bits per heavy atom. The zero-order valence-electron chi connectivity index (χ0n) is 17.8. The SMILES string of the molecule is CCc1c(C)cc(C(=O)NC(C(=O)OC)C(C)C)c(=O)n1CC1CCCCC1. The van der Waals surface area contributed by atoms with Crippen molar-refractivity contribution >= 4 is 11.9 Å². The first-order valence-electron chi connectivity index (χ1n) is 10.4. The van der Waals surface area contributed by atoms with Crippen LogP contribution < -0.4 is 10.9 Å². The molecule has 1 aliphatic rings. The van der Waals surface area contributed by atoms with Gasteiger partial charge < -0.3 is 14.6 Å². The summed E-state index contributed by atoms with van der Waals surface area (Å²) in [5.74, 6) is -0.685. The van der Waals surface area contributed by atoms with E-state index in [4.69, 9.17) is 4.74 Å². The number of hydrogen-bond donors (Lipinski definition) is 1. The highest BCUT2D eigenvalue weighted by atomic mass is 16.5. The lowest BCUT2D eigenvalue weighted by molar-refractivity contribution is -0.144. The molecule has 0 aromatic carbocycles. The number of pyridine rings is 1. The lowest BCUT2D eigenvalue weighted by Gasteiger charge is -2.25. The molecule has 0 saturated heterocycles. The summed E-state index contributed by atoms with van der Waals surface area (Å²) in [5, 5.41) is 2.69. The number of ether oxygens (including phenoxy) is 1.